The number of nitrogens with zero attached hydrogens (tertiary/aromatic N) is 2. The zero-order valence-corrected chi connectivity index (χ0v) is 16.9. The number of amides is 2. The third-order valence-electron chi connectivity index (χ3n) is 5.15. The molecule has 0 aliphatic heterocycles. The number of hydrazine groups is 1. The molecule has 0 unspecified atom stereocenters. The van der Waals surface area contributed by atoms with Crippen molar-refractivity contribution in [2.45, 2.75) is 0 Å². The van der Waals surface area contributed by atoms with Crippen LogP contribution in [0.3, 0.4) is 0 Å². The molecule has 5 aromatic rings. The molecule has 0 saturated carbocycles. The van der Waals surface area contributed by atoms with Gasteiger partial charge in [0.05, 0.1) is 16.8 Å². The molecule has 7 heteroatoms. The first kappa shape index (κ1) is 19.3. The molecule has 7 nitrogen and oxygen atoms in total. The average molecular weight is 421 g/mol. The molecular formula is C25H19N5O2. The molecule has 0 saturated heterocycles. The van der Waals surface area contributed by atoms with E-state index in [2.05, 4.69) is 20.9 Å². The van der Waals surface area contributed by atoms with Crippen LogP contribution in [0.5, 0.6) is 0 Å². The Labute approximate surface area is 183 Å². The standard InChI is InChI=1S/C25H19N5O2/c31-24(20-15-26-22-14-8-7-13-19(20)22)27-28-25(32)21-16-30(18-11-5-2-6-12-18)29-23(21)17-9-3-1-4-10-17/h1-16,26H,(H,27,31)(H,28,32). The zero-order valence-electron chi connectivity index (χ0n) is 16.9. The molecule has 2 heterocycles. The summed E-state index contributed by atoms with van der Waals surface area (Å²) >= 11 is 0. The summed E-state index contributed by atoms with van der Waals surface area (Å²) in [6.45, 7) is 0. The van der Waals surface area contributed by atoms with Gasteiger partial charge in [-0.2, -0.15) is 5.10 Å². The molecule has 0 bridgehead atoms. The highest BCUT2D eigenvalue weighted by Crippen LogP contribution is 2.23. The van der Waals surface area contributed by atoms with Crippen LogP contribution in [-0.2, 0) is 0 Å². The van der Waals surface area contributed by atoms with E-state index in [1.165, 1.54) is 0 Å². The molecule has 0 aliphatic rings. The van der Waals surface area contributed by atoms with Crippen molar-refractivity contribution in [1.82, 2.24) is 25.6 Å². The van der Waals surface area contributed by atoms with Crippen LogP contribution in [0.15, 0.2) is 97.3 Å². The lowest BCUT2D eigenvalue weighted by atomic mass is 10.1. The van der Waals surface area contributed by atoms with Crippen molar-refractivity contribution in [2.75, 3.05) is 0 Å². The lowest BCUT2D eigenvalue weighted by Crippen LogP contribution is -2.41. The average Bonchev–Trinajstić information content (AvgIpc) is 3.49. The normalized spacial score (nSPS) is 10.8. The Morgan fingerprint density at radius 3 is 2.12 bits per heavy atom. The monoisotopic (exact) mass is 421 g/mol. The summed E-state index contributed by atoms with van der Waals surface area (Å²) < 4.78 is 1.65. The number of H-pyrrole nitrogens is 1. The van der Waals surface area contributed by atoms with Gasteiger partial charge >= 0.3 is 0 Å². The topological polar surface area (TPSA) is 91.8 Å². The van der Waals surface area contributed by atoms with E-state index in [0.29, 0.717) is 16.8 Å². The van der Waals surface area contributed by atoms with Gasteiger partial charge in [-0.1, -0.05) is 66.7 Å². The van der Waals surface area contributed by atoms with Crippen LogP contribution in [0.1, 0.15) is 20.7 Å². The Bertz CT molecular complexity index is 1400. The number of carbonyl (C=O) groups is 2. The summed E-state index contributed by atoms with van der Waals surface area (Å²) in [4.78, 5) is 28.8. The zero-order chi connectivity index (χ0) is 21.9. The van der Waals surface area contributed by atoms with Gasteiger partial charge in [-0.05, 0) is 18.2 Å². The summed E-state index contributed by atoms with van der Waals surface area (Å²) in [5.74, 6) is -0.869. The minimum atomic E-state index is -0.459. The van der Waals surface area contributed by atoms with E-state index in [9.17, 15) is 9.59 Å². The molecule has 0 aliphatic carbocycles. The first-order chi connectivity index (χ1) is 15.7. The fraction of sp³-hybridized carbons (Fsp3) is 0. The predicted molar refractivity (Wildman–Crippen MR) is 122 cm³/mol. The third kappa shape index (κ3) is 3.63. The number of aromatic nitrogens is 3. The number of nitrogens with one attached hydrogen (secondary N) is 3. The molecule has 0 atom stereocenters. The van der Waals surface area contributed by atoms with Gasteiger partial charge in [0.25, 0.3) is 11.8 Å². The lowest BCUT2D eigenvalue weighted by Gasteiger charge is -2.07. The number of hydrogen-bond acceptors (Lipinski definition) is 3. The molecule has 2 amide bonds. The van der Waals surface area contributed by atoms with Gasteiger partial charge in [0.1, 0.15) is 5.69 Å². The molecule has 3 N–H and O–H groups in total. The van der Waals surface area contributed by atoms with Crippen LogP contribution in [-0.4, -0.2) is 26.6 Å². The van der Waals surface area contributed by atoms with Crippen molar-refractivity contribution < 1.29 is 9.59 Å². The summed E-state index contributed by atoms with van der Waals surface area (Å²) in [5, 5.41) is 5.41. The molecule has 156 valence electrons. The van der Waals surface area contributed by atoms with E-state index in [-0.39, 0.29) is 0 Å². The Kier molecular flexibility index (Phi) is 4.97. The molecule has 0 fully saturated rings. The Morgan fingerprint density at radius 1 is 0.750 bits per heavy atom. The lowest BCUT2D eigenvalue weighted by molar-refractivity contribution is 0.0848. The molecule has 32 heavy (non-hydrogen) atoms. The minimum absolute atomic E-state index is 0.347. The highest BCUT2D eigenvalue weighted by Gasteiger charge is 2.20. The smallest absolute Gasteiger partial charge is 0.273 e. The summed E-state index contributed by atoms with van der Waals surface area (Å²) in [6.07, 6.45) is 3.28. The highest BCUT2D eigenvalue weighted by molar-refractivity contribution is 6.08. The Morgan fingerprint density at radius 2 is 1.38 bits per heavy atom. The van der Waals surface area contributed by atoms with Crippen molar-refractivity contribution in [3.63, 3.8) is 0 Å². The Hall–Kier alpha value is -4.65. The van der Waals surface area contributed by atoms with Crippen LogP contribution < -0.4 is 10.9 Å². The second kappa shape index (κ2) is 8.23. The molecule has 5 rings (SSSR count). The Balaban J connectivity index is 1.42. The number of para-hydroxylation sites is 2. The summed E-state index contributed by atoms with van der Waals surface area (Å²) in [6, 6.07) is 26.5. The third-order valence-corrected chi connectivity index (χ3v) is 5.15. The first-order valence-corrected chi connectivity index (χ1v) is 10.1. The van der Waals surface area contributed by atoms with E-state index in [4.69, 9.17) is 0 Å². The van der Waals surface area contributed by atoms with Crippen LogP contribution in [0.25, 0.3) is 27.8 Å². The number of carbonyl (C=O) groups excluding carboxylic acids is 2. The maximum absolute atomic E-state index is 13.0. The van der Waals surface area contributed by atoms with Gasteiger partial charge in [0, 0.05) is 28.9 Å². The van der Waals surface area contributed by atoms with E-state index < -0.39 is 11.8 Å². The van der Waals surface area contributed by atoms with Crippen LogP contribution in [0, 0.1) is 0 Å². The highest BCUT2D eigenvalue weighted by atomic mass is 16.2. The van der Waals surface area contributed by atoms with Crippen LogP contribution in [0.2, 0.25) is 0 Å². The second-order valence-corrected chi connectivity index (χ2v) is 7.19. The number of benzene rings is 3. The molecule has 3 aromatic carbocycles. The van der Waals surface area contributed by atoms with Crippen molar-refractivity contribution in [2.24, 2.45) is 0 Å². The second-order valence-electron chi connectivity index (χ2n) is 7.19. The van der Waals surface area contributed by atoms with Crippen LogP contribution in [0.4, 0.5) is 0 Å². The van der Waals surface area contributed by atoms with E-state index >= 15 is 0 Å². The van der Waals surface area contributed by atoms with Gasteiger partial charge in [-0.3, -0.25) is 20.4 Å². The summed E-state index contributed by atoms with van der Waals surface area (Å²) in [5.41, 5.74) is 8.82. The van der Waals surface area contributed by atoms with Crippen molar-refractivity contribution >= 4 is 22.7 Å². The number of fused-ring (bicyclic) bond motifs is 1. The molecule has 2 aromatic heterocycles. The largest absolute Gasteiger partial charge is 0.360 e. The first-order valence-electron chi connectivity index (χ1n) is 10.1. The van der Waals surface area contributed by atoms with Crippen molar-refractivity contribution in [3.8, 4) is 16.9 Å². The SMILES string of the molecule is O=C(NNC(=O)c1c[nH]c2ccccc12)c1cn(-c2ccccc2)nc1-c1ccccc1. The molecule has 0 spiro atoms. The predicted octanol–water partition coefficient (Wildman–Crippen LogP) is 4.10. The maximum atomic E-state index is 13.0. The van der Waals surface area contributed by atoms with Gasteiger partial charge < -0.3 is 4.98 Å². The number of aromatic amines is 1. The number of hydrogen-bond donors (Lipinski definition) is 3. The van der Waals surface area contributed by atoms with E-state index in [1.54, 1.807) is 17.1 Å². The fourth-order valence-electron chi connectivity index (χ4n) is 3.57. The number of rotatable bonds is 4. The van der Waals surface area contributed by atoms with E-state index in [1.807, 2.05) is 84.9 Å². The van der Waals surface area contributed by atoms with E-state index in [0.717, 1.165) is 22.2 Å². The van der Waals surface area contributed by atoms with Crippen molar-refractivity contribution in [3.05, 3.63) is 108 Å². The van der Waals surface area contributed by atoms with Gasteiger partial charge in [0.15, 0.2) is 0 Å². The molecular weight excluding hydrogens is 402 g/mol. The van der Waals surface area contributed by atoms with Crippen LogP contribution >= 0.6 is 0 Å². The van der Waals surface area contributed by atoms with Gasteiger partial charge in [-0.25, -0.2) is 4.68 Å². The van der Waals surface area contributed by atoms with Gasteiger partial charge in [-0.15, -0.1) is 0 Å². The minimum Gasteiger partial charge on any atom is -0.360 e. The quantitative estimate of drug-likeness (QED) is 0.382. The fourth-order valence-corrected chi connectivity index (χ4v) is 3.57. The van der Waals surface area contributed by atoms with Crippen molar-refractivity contribution in [1.29, 1.82) is 0 Å². The maximum Gasteiger partial charge on any atom is 0.273 e. The summed E-state index contributed by atoms with van der Waals surface area (Å²) in [7, 11) is 0. The molecule has 0 radical (unpaired) electrons. The van der Waals surface area contributed by atoms with Gasteiger partial charge in [0.2, 0.25) is 0 Å².